The van der Waals surface area contributed by atoms with E-state index >= 15 is 0 Å². The lowest BCUT2D eigenvalue weighted by Gasteiger charge is -2.11. The van der Waals surface area contributed by atoms with Gasteiger partial charge in [-0.2, -0.15) is 15.0 Å². The van der Waals surface area contributed by atoms with Crippen molar-refractivity contribution in [3.8, 4) is 5.95 Å². The minimum atomic E-state index is 0.553. The van der Waals surface area contributed by atoms with Crippen LogP contribution in [0.15, 0.2) is 18.7 Å². The van der Waals surface area contributed by atoms with E-state index in [-0.39, 0.29) is 0 Å². The van der Waals surface area contributed by atoms with Crippen molar-refractivity contribution in [1.82, 2.24) is 24.5 Å². The maximum atomic E-state index is 4.44. The minimum absolute atomic E-state index is 0.553. The van der Waals surface area contributed by atoms with Gasteiger partial charge in [0.05, 0.1) is 0 Å². The van der Waals surface area contributed by atoms with Crippen LogP contribution in [0.5, 0.6) is 0 Å². The maximum absolute atomic E-state index is 4.44. The molecule has 21 heavy (non-hydrogen) atoms. The SMILES string of the molecule is CNc1nc(NCCC2CCCC2)nc(-n2ccnc2)n1. The Morgan fingerprint density at radius 3 is 2.71 bits per heavy atom. The van der Waals surface area contributed by atoms with E-state index in [1.807, 2.05) is 6.20 Å². The van der Waals surface area contributed by atoms with Crippen molar-refractivity contribution in [1.29, 1.82) is 0 Å². The number of hydrogen-bond acceptors (Lipinski definition) is 6. The molecule has 2 heterocycles. The van der Waals surface area contributed by atoms with Gasteiger partial charge >= 0.3 is 0 Å². The van der Waals surface area contributed by atoms with Crippen LogP contribution in [-0.2, 0) is 0 Å². The van der Waals surface area contributed by atoms with Gasteiger partial charge in [0.2, 0.25) is 17.8 Å². The maximum Gasteiger partial charge on any atom is 0.241 e. The molecule has 0 unspecified atom stereocenters. The van der Waals surface area contributed by atoms with Gasteiger partial charge in [0.1, 0.15) is 6.33 Å². The normalized spacial score (nSPS) is 15.3. The fourth-order valence-corrected chi connectivity index (χ4v) is 2.74. The average Bonchev–Trinajstić information content (AvgIpc) is 3.20. The highest BCUT2D eigenvalue weighted by atomic mass is 15.3. The number of imidazole rings is 1. The van der Waals surface area contributed by atoms with E-state index in [0.29, 0.717) is 17.8 Å². The number of aromatic nitrogens is 5. The molecule has 2 aromatic heterocycles. The Labute approximate surface area is 124 Å². The Morgan fingerprint density at radius 1 is 1.19 bits per heavy atom. The highest BCUT2D eigenvalue weighted by molar-refractivity contribution is 5.37. The summed E-state index contributed by atoms with van der Waals surface area (Å²) in [5.41, 5.74) is 0. The van der Waals surface area contributed by atoms with Gasteiger partial charge in [-0.25, -0.2) is 4.98 Å². The molecule has 1 aliphatic carbocycles. The van der Waals surface area contributed by atoms with Crippen molar-refractivity contribution in [2.45, 2.75) is 32.1 Å². The third-order valence-electron chi connectivity index (χ3n) is 3.89. The van der Waals surface area contributed by atoms with E-state index in [2.05, 4.69) is 30.6 Å². The monoisotopic (exact) mass is 287 g/mol. The fourth-order valence-electron chi connectivity index (χ4n) is 2.74. The van der Waals surface area contributed by atoms with E-state index in [4.69, 9.17) is 0 Å². The molecule has 3 rings (SSSR count). The van der Waals surface area contributed by atoms with Crippen molar-refractivity contribution in [3.63, 3.8) is 0 Å². The van der Waals surface area contributed by atoms with Gasteiger partial charge in [-0.1, -0.05) is 25.7 Å². The molecule has 0 aromatic carbocycles. The molecule has 0 atom stereocenters. The summed E-state index contributed by atoms with van der Waals surface area (Å²) in [4.78, 5) is 17.1. The molecule has 1 fully saturated rings. The molecule has 2 N–H and O–H groups in total. The molecule has 0 saturated heterocycles. The van der Waals surface area contributed by atoms with Gasteiger partial charge in [-0.15, -0.1) is 0 Å². The minimum Gasteiger partial charge on any atom is -0.357 e. The average molecular weight is 287 g/mol. The molecule has 0 aliphatic heterocycles. The molecule has 7 heteroatoms. The Hall–Kier alpha value is -2.18. The summed E-state index contributed by atoms with van der Waals surface area (Å²) in [5.74, 6) is 2.58. The van der Waals surface area contributed by atoms with Crippen LogP contribution >= 0.6 is 0 Å². The van der Waals surface area contributed by atoms with Crippen molar-refractivity contribution in [2.75, 3.05) is 24.2 Å². The Balaban J connectivity index is 1.67. The van der Waals surface area contributed by atoms with E-state index in [1.165, 1.54) is 32.1 Å². The number of rotatable bonds is 6. The summed E-state index contributed by atoms with van der Waals surface area (Å²) in [6, 6.07) is 0. The lowest BCUT2D eigenvalue weighted by molar-refractivity contribution is 0.518. The predicted molar refractivity (Wildman–Crippen MR) is 81.6 cm³/mol. The van der Waals surface area contributed by atoms with Crippen LogP contribution in [0.4, 0.5) is 11.9 Å². The van der Waals surface area contributed by atoms with Gasteiger partial charge in [0, 0.05) is 26.0 Å². The molecule has 0 amide bonds. The Bertz CT molecular complexity index is 561. The van der Waals surface area contributed by atoms with Crippen LogP contribution in [0.3, 0.4) is 0 Å². The first-order valence-electron chi connectivity index (χ1n) is 7.51. The molecule has 2 aromatic rings. The van der Waals surface area contributed by atoms with Crippen molar-refractivity contribution in [2.24, 2.45) is 5.92 Å². The lowest BCUT2D eigenvalue weighted by atomic mass is 10.0. The topological polar surface area (TPSA) is 80.5 Å². The third kappa shape index (κ3) is 3.48. The number of hydrogen-bond donors (Lipinski definition) is 2. The highest BCUT2D eigenvalue weighted by Gasteiger charge is 2.14. The van der Waals surface area contributed by atoms with E-state index in [0.717, 1.165) is 12.5 Å². The molecule has 7 nitrogen and oxygen atoms in total. The van der Waals surface area contributed by atoms with E-state index in [1.54, 1.807) is 24.1 Å². The van der Waals surface area contributed by atoms with Crippen molar-refractivity contribution < 1.29 is 0 Å². The molecule has 0 spiro atoms. The predicted octanol–water partition coefficient (Wildman–Crippen LogP) is 2.09. The van der Waals surface area contributed by atoms with Crippen LogP contribution < -0.4 is 10.6 Å². The van der Waals surface area contributed by atoms with E-state index < -0.39 is 0 Å². The zero-order valence-electron chi connectivity index (χ0n) is 12.3. The quantitative estimate of drug-likeness (QED) is 0.847. The largest absolute Gasteiger partial charge is 0.357 e. The number of anilines is 2. The van der Waals surface area contributed by atoms with Crippen LogP contribution in [0, 0.1) is 5.92 Å². The first-order valence-corrected chi connectivity index (χ1v) is 7.51. The number of nitrogens with one attached hydrogen (secondary N) is 2. The van der Waals surface area contributed by atoms with Gasteiger partial charge in [0.15, 0.2) is 0 Å². The van der Waals surface area contributed by atoms with Gasteiger partial charge < -0.3 is 10.6 Å². The van der Waals surface area contributed by atoms with Gasteiger partial charge in [-0.05, 0) is 12.3 Å². The third-order valence-corrected chi connectivity index (χ3v) is 3.89. The van der Waals surface area contributed by atoms with Gasteiger partial charge in [-0.3, -0.25) is 4.57 Å². The van der Waals surface area contributed by atoms with Crippen LogP contribution in [0.1, 0.15) is 32.1 Å². The second-order valence-corrected chi connectivity index (χ2v) is 5.37. The summed E-state index contributed by atoms with van der Waals surface area (Å²) in [6.45, 7) is 0.904. The van der Waals surface area contributed by atoms with Crippen LogP contribution in [0.25, 0.3) is 5.95 Å². The lowest BCUT2D eigenvalue weighted by Crippen LogP contribution is -2.13. The summed E-state index contributed by atoms with van der Waals surface area (Å²) in [5, 5.41) is 6.28. The second-order valence-electron chi connectivity index (χ2n) is 5.37. The second kappa shape index (κ2) is 6.51. The molecule has 1 aliphatic rings. The van der Waals surface area contributed by atoms with Crippen molar-refractivity contribution in [3.05, 3.63) is 18.7 Å². The van der Waals surface area contributed by atoms with Crippen molar-refractivity contribution >= 4 is 11.9 Å². The summed E-state index contributed by atoms with van der Waals surface area (Å²) < 4.78 is 1.77. The Kier molecular flexibility index (Phi) is 4.28. The van der Waals surface area contributed by atoms with E-state index in [9.17, 15) is 0 Å². The molecule has 0 radical (unpaired) electrons. The fraction of sp³-hybridized carbons (Fsp3) is 0.571. The Morgan fingerprint density at radius 2 is 2.00 bits per heavy atom. The molecule has 0 bridgehead atoms. The number of nitrogens with zero attached hydrogens (tertiary/aromatic N) is 5. The van der Waals surface area contributed by atoms with Crippen LogP contribution in [-0.4, -0.2) is 38.1 Å². The summed E-state index contributed by atoms with van der Waals surface area (Å²) in [6.07, 6.45) is 11.9. The highest BCUT2D eigenvalue weighted by Crippen LogP contribution is 2.27. The first kappa shape index (κ1) is 13.8. The zero-order chi connectivity index (χ0) is 14.5. The molecule has 1 saturated carbocycles. The summed E-state index contributed by atoms with van der Waals surface area (Å²) >= 11 is 0. The molecular weight excluding hydrogens is 266 g/mol. The van der Waals surface area contributed by atoms with Crippen LogP contribution in [0.2, 0.25) is 0 Å². The smallest absolute Gasteiger partial charge is 0.241 e. The standard InChI is InChI=1S/C14H21N7/c1-15-12-18-13(17-7-6-11-4-2-3-5-11)20-14(19-12)21-9-8-16-10-21/h8-11H,2-7H2,1H3,(H2,15,17,18,19,20). The molecule has 112 valence electrons. The molecular formula is C14H21N7. The zero-order valence-corrected chi connectivity index (χ0v) is 12.3. The summed E-state index contributed by atoms with van der Waals surface area (Å²) in [7, 11) is 1.80. The first-order chi connectivity index (χ1) is 10.3. The van der Waals surface area contributed by atoms with Gasteiger partial charge in [0.25, 0.3) is 0 Å².